The number of hydrazine groups is 1. The number of anilines is 2. The van der Waals surface area contributed by atoms with E-state index in [-0.39, 0.29) is 10.0 Å². The molecule has 0 aliphatic heterocycles. The summed E-state index contributed by atoms with van der Waals surface area (Å²) < 4.78 is 0. The zero-order valence-corrected chi connectivity index (χ0v) is 29.1. The van der Waals surface area contributed by atoms with Gasteiger partial charge in [0.15, 0.2) is 6.04 Å². The molecule has 254 valence electrons. The first-order chi connectivity index (χ1) is 22.2. The number of carbonyl (C=O) groups is 3. The maximum absolute atomic E-state index is 12.6. The van der Waals surface area contributed by atoms with Crippen molar-refractivity contribution in [3.05, 3.63) is 91.4 Å². The minimum atomic E-state index is -1.48. The number of nitrogens with zero attached hydrogens (tertiary/aromatic N) is 2. The first-order valence-electron chi connectivity index (χ1n) is 14.2. The molecule has 0 spiro atoms. The van der Waals surface area contributed by atoms with Crippen molar-refractivity contribution in [3.63, 3.8) is 0 Å². The first-order valence-corrected chi connectivity index (χ1v) is 15.3. The minimum absolute atomic E-state index is 0.253. The van der Waals surface area contributed by atoms with E-state index in [0.717, 1.165) is 0 Å². The van der Waals surface area contributed by atoms with Crippen molar-refractivity contribution in [1.82, 2.24) is 10.9 Å². The smallest absolute Gasteiger partial charge is 0.329 e. The van der Waals surface area contributed by atoms with Crippen molar-refractivity contribution >= 4 is 64.0 Å². The van der Waals surface area contributed by atoms with Crippen LogP contribution in [0.25, 0.3) is 0 Å². The molecule has 7 N–H and O–H groups in total. The van der Waals surface area contributed by atoms with Gasteiger partial charge in [-0.25, -0.2) is 4.79 Å². The SMILES string of the molecule is Cc1c(NC(C(=O)NNC(=O)c2ccc(Cl)cc2)C(C)(C)O)ccc(C#N)c1Cl.Cc1c(NC(C(=O)O)C(C)(C)O)ccc(C#N)c1Cl. The maximum atomic E-state index is 12.6. The zero-order valence-electron chi connectivity index (χ0n) is 26.9. The van der Waals surface area contributed by atoms with Crippen LogP contribution < -0.4 is 21.5 Å². The Morgan fingerprint density at radius 2 is 1.12 bits per heavy atom. The molecule has 12 nitrogen and oxygen atoms in total. The van der Waals surface area contributed by atoms with Gasteiger partial charge >= 0.3 is 5.97 Å². The van der Waals surface area contributed by atoms with E-state index in [0.29, 0.717) is 44.2 Å². The van der Waals surface area contributed by atoms with Gasteiger partial charge in [-0.1, -0.05) is 34.8 Å². The third-order valence-corrected chi connectivity index (χ3v) is 8.17. The summed E-state index contributed by atoms with van der Waals surface area (Å²) >= 11 is 18.0. The number of carboxylic acid groups (broad SMARTS) is 1. The number of hydrogen-bond donors (Lipinski definition) is 7. The van der Waals surface area contributed by atoms with Gasteiger partial charge in [0.1, 0.15) is 18.2 Å². The topological polar surface area (TPSA) is 208 Å². The molecule has 2 amide bonds. The van der Waals surface area contributed by atoms with Crippen LogP contribution in [0, 0.1) is 36.5 Å². The highest BCUT2D eigenvalue weighted by Crippen LogP contribution is 2.30. The van der Waals surface area contributed by atoms with Gasteiger partial charge in [0, 0.05) is 22.0 Å². The molecular weight excluding hydrogens is 683 g/mol. The van der Waals surface area contributed by atoms with Gasteiger partial charge in [0.2, 0.25) is 0 Å². The Kier molecular flexibility index (Phi) is 13.6. The number of hydrogen-bond acceptors (Lipinski definition) is 9. The Bertz CT molecular complexity index is 1760. The summed E-state index contributed by atoms with van der Waals surface area (Å²) in [4.78, 5) is 36.0. The number of amides is 2. The minimum Gasteiger partial charge on any atom is -0.480 e. The fraction of sp³-hybridized carbons (Fsp3) is 0.303. The molecule has 2 atom stereocenters. The largest absolute Gasteiger partial charge is 0.480 e. The molecule has 3 rings (SSSR count). The van der Waals surface area contributed by atoms with Crippen LogP contribution in [0.4, 0.5) is 11.4 Å². The van der Waals surface area contributed by atoms with Crippen LogP contribution in [0.5, 0.6) is 0 Å². The second-order valence-electron chi connectivity index (χ2n) is 11.7. The highest BCUT2D eigenvalue weighted by atomic mass is 35.5. The molecule has 0 bridgehead atoms. The summed E-state index contributed by atoms with van der Waals surface area (Å²) in [6.45, 7) is 9.07. The van der Waals surface area contributed by atoms with E-state index in [4.69, 9.17) is 50.4 Å². The number of halogens is 3. The standard InChI is InChI=1S/C20H20Cl2N4O3.C13H15ClN2O3/c1-11-15(9-6-13(10-23)16(11)22)24-17(20(2,3)29)19(28)26-25-18(27)12-4-7-14(21)8-5-12;1-7-9(5-4-8(6-15)10(7)14)16-11(12(17)18)13(2,3)19/h4-9,17,24,29H,1-3H3,(H,25,27)(H,26,28);4-5,11,16,19H,1-3H3,(H,17,18). The number of nitrogens with one attached hydrogen (secondary N) is 4. The second-order valence-corrected chi connectivity index (χ2v) is 12.9. The van der Waals surface area contributed by atoms with Gasteiger partial charge in [0.05, 0.1) is 32.4 Å². The summed E-state index contributed by atoms with van der Waals surface area (Å²) in [6, 6.07) is 13.9. The molecule has 15 heteroatoms. The second kappa shape index (κ2) is 16.5. The fourth-order valence-electron chi connectivity index (χ4n) is 4.13. The molecule has 0 fully saturated rings. The third kappa shape index (κ3) is 10.5. The number of aliphatic hydroxyl groups is 2. The zero-order chi connectivity index (χ0) is 36.6. The van der Waals surface area contributed by atoms with E-state index in [9.17, 15) is 24.6 Å². The molecule has 0 aliphatic carbocycles. The van der Waals surface area contributed by atoms with Gasteiger partial charge < -0.3 is 26.0 Å². The number of rotatable bonds is 9. The lowest BCUT2D eigenvalue weighted by atomic mass is 9.97. The number of benzene rings is 3. The van der Waals surface area contributed by atoms with Crippen molar-refractivity contribution in [1.29, 1.82) is 10.5 Å². The number of carbonyl (C=O) groups excluding carboxylic acids is 2. The number of aliphatic carboxylic acids is 1. The van der Waals surface area contributed by atoms with Crippen LogP contribution in [0.2, 0.25) is 15.1 Å². The molecular formula is C33H35Cl3N6O6. The maximum Gasteiger partial charge on any atom is 0.329 e. The van der Waals surface area contributed by atoms with Gasteiger partial charge in [-0.3, -0.25) is 20.4 Å². The van der Waals surface area contributed by atoms with Crippen LogP contribution in [0.3, 0.4) is 0 Å². The highest BCUT2D eigenvalue weighted by Gasteiger charge is 2.35. The van der Waals surface area contributed by atoms with Gasteiger partial charge in [-0.2, -0.15) is 10.5 Å². The summed E-state index contributed by atoms with van der Waals surface area (Å²) in [6.07, 6.45) is 0. The van der Waals surface area contributed by atoms with Gasteiger partial charge in [-0.05, 0) is 101 Å². The third-order valence-electron chi connectivity index (χ3n) is 6.94. The van der Waals surface area contributed by atoms with Crippen LogP contribution >= 0.6 is 34.8 Å². The quantitative estimate of drug-likeness (QED) is 0.141. The monoisotopic (exact) mass is 716 g/mol. The lowest BCUT2D eigenvalue weighted by molar-refractivity contribution is -0.142. The normalized spacial score (nSPS) is 12.2. The lowest BCUT2D eigenvalue weighted by Gasteiger charge is -2.30. The molecule has 3 aromatic rings. The van der Waals surface area contributed by atoms with E-state index in [1.165, 1.54) is 52.0 Å². The molecule has 0 aliphatic rings. The molecule has 0 aromatic heterocycles. The van der Waals surface area contributed by atoms with Gasteiger partial charge in [0.25, 0.3) is 11.8 Å². The average Bonchev–Trinajstić information content (AvgIpc) is 3.00. The Balaban J connectivity index is 0.000000365. The van der Waals surface area contributed by atoms with Crippen molar-refractivity contribution < 1.29 is 29.7 Å². The summed E-state index contributed by atoms with van der Waals surface area (Å²) in [5.41, 5.74) is 4.65. The Labute approximate surface area is 293 Å². The molecule has 2 unspecified atom stereocenters. The summed E-state index contributed by atoms with van der Waals surface area (Å²) in [7, 11) is 0. The van der Waals surface area contributed by atoms with Crippen LogP contribution in [0.1, 0.15) is 60.3 Å². The van der Waals surface area contributed by atoms with E-state index in [1.807, 2.05) is 12.1 Å². The molecule has 0 saturated heterocycles. The summed E-state index contributed by atoms with van der Waals surface area (Å²) in [5.74, 6) is -2.38. The van der Waals surface area contributed by atoms with Crippen LogP contribution in [-0.4, -0.2) is 56.4 Å². The summed E-state index contributed by atoms with van der Waals surface area (Å²) in [5, 5.41) is 54.0. The number of carboxylic acids is 1. The first kappa shape index (κ1) is 39.6. The van der Waals surface area contributed by atoms with Crippen LogP contribution in [-0.2, 0) is 9.59 Å². The Hall–Kier alpha value is -4.56. The molecule has 48 heavy (non-hydrogen) atoms. The van der Waals surface area contributed by atoms with Gasteiger partial charge in [-0.15, -0.1) is 0 Å². The van der Waals surface area contributed by atoms with Crippen molar-refractivity contribution in [2.75, 3.05) is 10.6 Å². The van der Waals surface area contributed by atoms with E-state index < -0.39 is 41.1 Å². The lowest BCUT2D eigenvalue weighted by Crippen LogP contribution is -2.56. The average molecular weight is 718 g/mol. The van der Waals surface area contributed by atoms with Crippen molar-refractivity contribution in [2.45, 2.75) is 64.8 Å². The Morgan fingerprint density at radius 1 is 0.708 bits per heavy atom. The predicted molar refractivity (Wildman–Crippen MR) is 184 cm³/mol. The highest BCUT2D eigenvalue weighted by molar-refractivity contribution is 6.33. The van der Waals surface area contributed by atoms with Crippen molar-refractivity contribution in [3.8, 4) is 12.1 Å². The predicted octanol–water partition coefficient (Wildman–Crippen LogP) is 5.34. The van der Waals surface area contributed by atoms with Crippen LogP contribution in [0.15, 0.2) is 48.5 Å². The molecule has 0 heterocycles. The number of nitriles is 2. The van der Waals surface area contributed by atoms with E-state index >= 15 is 0 Å². The molecule has 0 radical (unpaired) electrons. The van der Waals surface area contributed by atoms with E-state index in [1.54, 1.807) is 38.1 Å². The van der Waals surface area contributed by atoms with Crippen molar-refractivity contribution in [2.24, 2.45) is 0 Å². The molecule has 3 aromatic carbocycles. The fourth-order valence-corrected chi connectivity index (χ4v) is 4.67. The Morgan fingerprint density at radius 3 is 1.50 bits per heavy atom. The van der Waals surface area contributed by atoms with E-state index in [2.05, 4.69) is 21.5 Å². The molecule has 0 saturated carbocycles.